The molecule has 0 fully saturated rings. The van der Waals surface area contributed by atoms with E-state index in [0.29, 0.717) is 16.9 Å². The van der Waals surface area contributed by atoms with E-state index >= 15 is 0 Å². The highest BCUT2D eigenvalue weighted by molar-refractivity contribution is 5.98. The highest BCUT2D eigenvalue weighted by atomic mass is 16.5. The van der Waals surface area contributed by atoms with Gasteiger partial charge in [-0.25, -0.2) is 4.79 Å². The molecule has 3 rings (SSSR count). The van der Waals surface area contributed by atoms with Crippen LogP contribution in [0.5, 0.6) is 17.2 Å². The number of fused-ring (bicyclic) bond motifs is 1. The number of carbonyl (C=O) groups is 1. The van der Waals surface area contributed by atoms with E-state index in [9.17, 15) is 15.0 Å². The number of phenolic OH excluding ortho intramolecular Hbond substituents is 1. The minimum absolute atomic E-state index is 0.0288. The quantitative estimate of drug-likeness (QED) is 0.663. The minimum atomic E-state index is -1.22. The fourth-order valence-electron chi connectivity index (χ4n) is 2.56. The molecule has 2 aromatic carbocycles. The summed E-state index contributed by atoms with van der Waals surface area (Å²) in [5.41, 5.74) is 1.58. The van der Waals surface area contributed by atoms with E-state index in [1.54, 1.807) is 36.4 Å². The number of furan rings is 1. The van der Waals surface area contributed by atoms with Gasteiger partial charge < -0.3 is 24.5 Å². The van der Waals surface area contributed by atoms with E-state index in [2.05, 4.69) is 0 Å². The smallest absolute Gasteiger partial charge is 0.339 e. The molecule has 3 aromatic rings. The predicted octanol–water partition coefficient (Wildman–Crippen LogP) is 4.03. The van der Waals surface area contributed by atoms with Crippen molar-refractivity contribution >= 4 is 29.1 Å². The fourth-order valence-corrected chi connectivity index (χ4v) is 2.56. The lowest BCUT2D eigenvalue weighted by atomic mass is 10.1. The van der Waals surface area contributed by atoms with Crippen molar-refractivity contribution in [1.82, 2.24) is 0 Å². The third kappa shape index (κ3) is 3.01. The van der Waals surface area contributed by atoms with Gasteiger partial charge in [0.05, 0.1) is 7.11 Å². The summed E-state index contributed by atoms with van der Waals surface area (Å²) in [4.78, 5) is 11.1. The molecular weight excluding hydrogens is 324 g/mol. The van der Waals surface area contributed by atoms with Crippen LogP contribution in [0.2, 0.25) is 0 Å². The Kier molecular flexibility index (Phi) is 4.10. The number of rotatable bonds is 4. The number of methoxy groups -OCH3 is 1. The molecule has 0 saturated carbocycles. The number of ether oxygens (including phenoxy) is 1. The maximum Gasteiger partial charge on any atom is 0.339 e. The highest BCUT2D eigenvalue weighted by Crippen LogP contribution is 2.33. The first kappa shape index (κ1) is 16.4. The Morgan fingerprint density at radius 1 is 1.16 bits per heavy atom. The number of hydrogen-bond acceptors (Lipinski definition) is 5. The second-order valence-corrected chi connectivity index (χ2v) is 5.55. The molecule has 0 atom stereocenters. The number of hydrogen-bond donors (Lipinski definition) is 3. The molecule has 0 bridgehead atoms. The standard InChI is InChI=1S/C19H16O6/c1-10-7-16(24-2)15(20)9-11(10)3-5-13-8-12-4-6-14(19(22)23)17(21)18(12)25-13/h3-9,20-21H,1-2H3,(H,22,23)/b5-3+. The molecule has 1 heterocycles. The van der Waals surface area contributed by atoms with Crippen LogP contribution in [0.25, 0.3) is 23.1 Å². The van der Waals surface area contributed by atoms with Crippen LogP contribution in [0, 0.1) is 6.92 Å². The molecule has 25 heavy (non-hydrogen) atoms. The number of aromatic hydroxyl groups is 2. The molecule has 0 unspecified atom stereocenters. The SMILES string of the molecule is COc1cc(C)c(/C=C/c2cc3ccc(C(=O)O)c(O)c3o2)cc1O. The predicted molar refractivity (Wildman–Crippen MR) is 93.2 cm³/mol. The summed E-state index contributed by atoms with van der Waals surface area (Å²) in [5.74, 6) is -0.756. The largest absolute Gasteiger partial charge is 0.504 e. The van der Waals surface area contributed by atoms with Crippen molar-refractivity contribution in [2.24, 2.45) is 0 Å². The zero-order chi connectivity index (χ0) is 18.1. The lowest BCUT2D eigenvalue weighted by molar-refractivity contribution is 0.0694. The average molecular weight is 340 g/mol. The van der Waals surface area contributed by atoms with Gasteiger partial charge in [0.15, 0.2) is 22.8 Å². The number of phenols is 2. The summed E-state index contributed by atoms with van der Waals surface area (Å²) in [6.45, 7) is 1.88. The van der Waals surface area contributed by atoms with Crippen molar-refractivity contribution < 1.29 is 29.3 Å². The Hall–Kier alpha value is -3.41. The summed E-state index contributed by atoms with van der Waals surface area (Å²) in [6.07, 6.45) is 3.43. The van der Waals surface area contributed by atoms with Gasteiger partial charge in [-0.1, -0.05) is 6.08 Å². The van der Waals surface area contributed by atoms with Gasteiger partial charge in [0.2, 0.25) is 0 Å². The normalized spacial score (nSPS) is 11.3. The van der Waals surface area contributed by atoms with E-state index in [1.807, 2.05) is 6.92 Å². The van der Waals surface area contributed by atoms with Crippen LogP contribution in [0.4, 0.5) is 0 Å². The number of benzene rings is 2. The summed E-state index contributed by atoms with van der Waals surface area (Å²) in [6, 6.07) is 7.89. The molecule has 1 aromatic heterocycles. The molecule has 128 valence electrons. The summed E-state index contributed by atoms with van der Waals surface area (Å²) in [7, 11) is 1.48. The number of aryl methyl sites for hydroxylation is 1. The zero-order valence-corrected chi connectivity index (χ0v) is 13.6. The van der Waals surface area contributed by atoms with Crippen molar-refractivity contribution in [3.05, 3.63) is 52.8 Å². The average Bonchev–Trinajstić information content (AvgIpc) is 2.99. The van der Waals surface area contributed by atoms with Crippen LogP contribution in [0.15, 0.2) is 34.7 Å². The molecule has 0 aliphatic rings. The van der Waals surface area contributed by atoms with E-state index in [1.165, 1.54) is 13.2 Å². The summed E-state index contributed by atoms with van der Waals surface area (Å²) in [5, 5.41) is 29.5. The van der Waals surface area contributed by atoms with Crippen LogP contribution in [-0.2, 0) is 0 Å². The van der Waals surface area contributed by atoms with Crippen LogP contribution in [0.1, 0.15) is 27.2 Å². The molecule has 3 N–H and O–H groups in total. The summed E-state index contributed by atoms with van der Waals surface area (Å²) < 4.78 is 10.6. The molecule has 0 aliphatic carbocycles. The monoisotopic (exact) mass is 340 g/mol. The maximum atomic E-state index is 11.1. The number of carboxylic acids is 1. The van der Waals surface area contributed by atoms with Gasteiger partial charge in [-0.15, -0.1) is 0 Å². The lowest BCUT2D eigenvalue weighted by Crippen LogP contribution is -1.95. The van der Waals surface area contributed by atoms with E-state index in [-0.39, 0.29) is 16.9 Å². The Morgan fingerprint density at radius 3 is 2.60 bits per heavy atom. The van der Waals surface area contributed by atoms with Crippen molar-refractivity contribution in [2.45, 2.75) is 6.92 Å². The van der Waals surface area contributed by atoms with Crippen molar-refractivity contribution in [1.29, 1.82) is 0 Å². The maximum absolute atomic E-state index is 11.1. The Balaban J connectivity index is 1.98. The molecule has 6 nitrogen and oxygen atoms in total. The second-order valence-electron chi connectivity index (χ2n) is 5.55. The minimum Gasteiger partial charge on any atom is -0.504 e. The van der Waals surface area contributed by atoms with Crippen LogP contribution < -0.4 is 4.74 Å². The van der Waals surface area contributed by atoms with Gasteiger partial charge in [0, 0.05) is 5.39 Å². The Morgan fingerprint density at radius 2 is 1.92 bits per heavy atom. The fraction of sp³-hybridized carbons (Fsp3) is 0.105. The zero-order valence-electron chi connectivity index (χ0n) is 13.6. The lowest BCUT2D eigenvalue weighted by Gasteiger charge is -2.07. The molecule has 0 amide bonds. The van der Waals surface area contributed by atoms with Crippen molar-refractivity contribution in [3.8, 4) is 17.2 Å². The Bertz CT molecular complexity index is 997. The third-order valence-corrected chi connectivity index (χ3v) is 3.90. The molecule has 0 radical (unpaired) electrons. The molecule has 6 heteroatoms. The van der Waals surface area contributed by atoms with Crippen molar-refractivity contribution in [3.63, 3.8) is 0 Å². The van der Waals surface area contributed by atoms with Gasteiger partial charge in [-0.3, -0.25) is 0 Å². The van der Waals surface area contributed by atoms with E-state index in [0.717, 1.165) is 11.1 Å². The number of carboxylic acid groups (broad SMARTS) is 1. The van der Waals surface area contributed by atoms with Gasteiger partial charge in [-0.2, -0.15) is 0 Å². The third-order valence-electron chi connectivity index (χ3n) is 3.90. The van der Waals surface area contributed by atoms with Crippen molar-refractivity contribution in [2.75, 3.05) is 7.11 Å². The first-order valence-electron chi connectivity index (χ1n) is 7.45. The first-order chi connectivity index (χ1) is 11.9. The van der Waals surface area contributed by atoms with Crippen LogP contribution >= 0.6 is 0 Å². The van der Waals surface area contributed by atoms with Gasteiger partial charge >= 0.3 is 5.97 Å². The van der Waals surface area contributed by atoms with Crippen LogP contribution in [0.3, 0.4) is 0 Å². The van der Waals surface area contributed by atoms with Crippen LogP contribution in [-0.4, -0.2) is 28.4 Å². The van der Waals surface area contributed by atoms with Gasteiger partial charge in [0.1, 0.15) is 11.3 Å². The number of aromatic carboxylic acids is 1. The Labute approximate surface area is 143 Å². The van der Waals surface area contributed by atoms with E-state index in [4.69, 9.17) is 14.3 Å². The van der Waals surface area contributed by atoms with Gasteiger partial charge in [0.25, 0.3) is 0 Å². The van der Waals surface area contributed by atoms with E-state index < -0.39 is 11.7 Å². The molecule has 0 spiro atoms. The summed E-state index contributed by atoms with van der Waals surface area (Å²) >= 11 is 0. The first-order valence-corrected chi connectivity index (χ1v) is 7.45. The van der Waals surface area contributed by atoms with Gasteiger partial charge in [-0.05, 0) is 54.5 Å². The molecule has 0 aliphatic heterocycles. The molecule has 0 saturated heterocycles. The molecular formula is C19H16O6. The topological polar surface area (TPSA) is 100 Å². The second kappa shape index (κ2) is 6.24. The highest BCUT2D eigenvalue weighted by Gasteiger charge is 2.15.